The van der Waals surface area contributed by atoms with Crippen LogP contribution in [0.5, 0.6) is 5.75 Å². The molecule has 0 fully saturated rings. The van der Waals surface area contributed by atoms with Gasteiger partial charge in [-0.1, -0.05) is 24.3 Å². The van der Waals surface area contributed by atoms with Crippen molar-refractivity contribution in [1.82, 2.24) is 0 Å². The number of ether oxygens (including phenoxy) is 1. The second-order valence-corrected chi connectivity index (χ2v) is 8.08. The number of sulfonamides is 1. The molecule has 3 aromatic carbocycles. The number of hydrogen-bond acceptors (Lipinski definition) is 3. The third-order valence-electron chi connectivity index (χ3n) is 4.27. The van der Waals surface area contributed by atoms with Crippen molar-refractivity contribution in [2.45, 2.75) is 18.4 Å². The second kappa shape index (κ2) is 7.98. The van der Waals surface area contributed by atoms with Crippen LogP contribution in [0, 0.1) is 18.6 Å². The Hall–Kier alpha value is -2.93. The molecule has 7 heteroatoms. The van der Waals surface area contributed by atoms with Gasteiger partial charge >= 0.3 is 0 Å². The number of halogens is 2. The van der Waals surface area contributed by atoms with Gasteiger partial charge in [0.15, 0.2) is 0 Å². The van der Waals surface area contributed by atoms with Crippen LogP contribution in [-0.4, -0.2) is 15.5 Å². The zero-order chi connectivity index (χ0) is 20.3. The molecule has 0 N–H and O–H groups in total. The number of methoxy groups -OCH3 is 1. The molecule has 0 saturated carbocycles. The van der Waals surface area contributed by atoms with Crippen molar-refractivity contribution >= 4 is 15.7 Å². The highest BCUT2D eigenvalue weighted by atomic mass is 32.2. The number of anilines is 1. The van der Waals surface area contributed by atoms with Gasteiger partial charge in [0.1, 0.15) is 17.4 Å². The highest BCUT2D eigenvalue weighted by Gasteiger charge is 2.27. The fourth-order valence-electron chi connectivity index (χ4n) is 2.85. The molecule has 3 aromatic rings. The minimum atomic E-state index is -4.13. The lowest BCUT2D eigenvalue weighted by Crippen LogP contribution is -2.31. The molecule has 0 radical (unpaired) electrons. The number of rotatable bonds is 6. The third kappa shape index (κ3) is 4.14. The van der Waals surface area contributed by atoms with E-state index in [1.807, 2.05) is 0 Å². The summed E-state index contributed by atoms with van der Waals surface area (Å²) in [6.07, 6.45) is 0. The maximum atomic E-state index is 13.8. The lowest BCUT2D eigenvalue weighted by molar-refractivity contribution is 0.415. The Kier molecular flexibility index (Phi) is 5.65. The standard InChI is InChI=1S/C21H19F2NO3S/c1-15-9-10-18(23)12-21(15)28(25,26)24(14-16-5-3-6-17(22)11-16)19-7-4-8-20(13-19)27-2/h3-13H,14H2,1-2H3. The molecule has 0 bridgehead atoms. The molecule has 0 spiro atoms. The van der Waals surface area contributed by atoms with E-state index < -0.39 is 21.7 Å². The summed E-state index contributed by atoms with van der Waals surface area (Å²) in [6, 6.07) is 15.8. The zero-order valence-corrected chi connectivity index (χ0v) is 16.2. The molecular weight excluding hydrogens is 384 g/mol. The van der Waals surface area contributed by atoms with E-state index >= 15 is 0 Å². The second-order valence-electron chi connectivity index (χ2n) is 6.25. The molecule has 0 amide bonds. The Morgan fingerprint density at radius 3 is 2.36 bits per heavy atom. The molecule has 0 aliphatic carbocycles. The van der Waals surface area contributed by atoms with Crippen LogP contribution in [0.1, 0.15) is 11.1 Å². The molecule has 4 nitrogen and oxygen atoms in total. The van der Waals surface area contributed by atoms with Crippen molar-refractivity contribution < 1.29 is 21.9 Å². The fourth-order valence-corrected chi connectivity index (χ4v) is 4.54. The molecule has 0 unspecified atom stereocenters. The van der Waals surface area contributed by atoms with E-state index in [0.717, 1.165) is 10.4 Å². The molecule has 146 valence electrons. The summed E-state index contributed by atoms with van der Waals surface area (Å²) in [5.41, 5.74) is 1.20. The van der Waals surface area contributed by atoms with Gasteiger partial charge in [-0.25, -0.2) is 17.2 Å². The Bertz CT molecular complexity index is 1100. The number of nitrogens with zero attached hydrogens (tertiary/aromatic N) is 1. The van der Waals surface area contributed by atoms with Gasteiger partial charge in [0.25, 0.3) is 10.0 Å². The van der Waals surface area contributed by atoms with E-state index in [4.69, 9.17) is 4.74 Å². The summed E-state index contributed by atoms with van der Waals surface area (Å²) in [7, 11) is -2.65. The molecule has 3 rings (SSSR count). The van der Waals surface area contributed by atoms with E-state index in [9.17, 15) is 17.2 Å². The van der Waals surface area contributed by atoms with Crippen LogP contribution in [0.2, 0.25) is 0 Å². The highest BCUT2D eigenvalue weighted by Crippen LogP contribution is 2.30. The minimum Gasteiger partial charge on any atom is -0.497 e. The summed E-state index contributed by atoms with van der Waals surface area (Å²) in [4.78, 5) is -0.147. The van der Waals surface area contributed by atoms with Gasteiger partial charge in [0.05, 0.1) is 24.2 Å². The van der Waals surface area contributed by atoms with Gasteiger partial charge in [-0.15, -0.1) is 0 Å². The normalized spacial score (nSPS) is 11.3. The van der Waals surface area contributed by atoms with Crippen LogP contribution in [0.15, 0.2) is 71.6 Å². The first-order valence-corrected chi connectivity index (χ1v) is 9.92. The summed E-state index contributed by atoms with van der Waals surface area (Å²) >= 11 is 0. The smallest absolute Gasteiger partial charge is 0.264 e. The van der Waals surface area contributed by atoms with Gasteiger partial charge in [-0.2, -0.15) is 0 Å². The van der Waals surface area contributed by atoms with Gasteiger partial charge in [0, 0.05) is 6.07 Å². The van der Waals surface area contributed by atoms with Gasteiger partial charge < -0.3 is 4.74 Å². The van der Waals surface area contributed by atoms with Crippen molar-refractivity contribution in [3.8, 4) is 5.75 Å². The maximum absolute atomic E-state index is 13.8. The van der Waals surface area contributed by atoms with Crippen LogP contribution in [0.25, 0.3) is 0 Å². The Labute approximate surface area is 163 Å². The summed E-state index contributed by atoms with van der Waals surface area (Å²) < 4.78 is 60.6. The topological polar surface area (TPSA) is 46.6 Å². The van der Waals surface area contributed by atoms with Crippen LogP contribution >= 0.6 is 0 Å². The van der Waals surface area contributed by atoms with Crippen molar-refractivity contribution in [3.05, 3.63) is 89.5 Å². The van der Waals surface area contributed by atoms with Crippen LogP contribution in [-0.2, 0) is 16.6 Å². The first-order chi connectivity index (χ1) is 13.3. The molecule has 0 aliphatic heterocycles. The molecule has 0 atom stereocenters. The lowest BCUT2D eigenvalue weighted by Gasteiger charge is -2.26. The first kappa shape index (κ1) is 19.8. The summed E-state index contributed by atoms with van der Waals surface area (Å²) in [5, 5.41) is 0. The first-order valence-electron chi connectivity index (χ1n) is 8.48. The average Bonchev–Trinajstić information content (AvgIpc) is 2.68. The van der Waals surface area contributed by atoms with Crippen LogP contribution < -0.4 is 9.04 Å². The maximum Gasteiger partial charge on any atom is 0.264 e. The van der Waals surface area contributed by atoms with E-state index in [2.05, 4.69) is 0 Å². The Morgan fingerprint density at radius 2 is 1.64 bits per heavy atom. The predicted molar refractivity (Wildman–Crippen MR) is 104 cm³/mol. The van der Waals surface area contributed by atoms with Crippen LogP contribution in [0.4, 0.5) is 14.5 Å². The monoisotopic (exact) mass is 403 g/mol. The number of benzene rings is 3. The van der Waals surface area contributed by atoms with Gasteiger partial charge in [-0.3, -0.25) is 4.31 Å². The van der Waals surface area contributed by atoms with Crippen molar-refractivity contribution in [1.29, 1.82) is 0 Å². The van der Waals surface area contributed by atoms with Crippen molar-refractivity contribution in [2.24, 2.45) is 0 Å². The Balaban J connectivity index is 2.15. The molecule has 0 aromatic heterocycles. The van der Waals surface area contributed by atoms with Gasteiger partial charge in [0.2, 0.25) is 0 Å². The number of aryl methyl sites for hydroxylation is 1. The highest BCUT2D eigenvalue weighted by molar-refractivity contribution is 7.92. The summed E-state index contributed by atoms with van der Waals surface area (Å²) in [5.74, 6) is -0.657. The van der Waals surface area contributed by atoms with Crippen molar-refractivity contribution in [2.75, 3.05) is 11.4 Å². The fraction of sp³-hybridized carbons (Fsp3) is 0.143. The van der Waals surface area contributed by atoms with E-state index in [1.54, 1.807) is 37.3 Å². The predicted octanol–water partition coefficient (Wildman–Crippen LogP) is 4.68. The van der Waals surface area contributed by atoms with Crippen molar-refractivity contribution in [3.63, 3.8) is 0 Å². The Morgan fingerprint density at radius 1 is 0.929 bits per heavy atom. The largest absolute Gasteiger partial charge is 0.497 e. The van der Waals surface area contributed by atoms with E-state index in [-0.39, 0.29) is 11.4 Å². The molecular formula is C21H19F2NO3S. The summed E-state index contributed by atoms with van der Waals surface area (Å²) in [6.45, 7) is 1.47. The zero-order valence-electron chi connectivity index (χ0n) is 15.4. The average molecular weight is 403 g/mol. The molecule has 0 aliphatic rings. The van der Waals surface area contributed by atoms with Gasteiger partial charge in [-0.05, 0) is 54.4 Å². The molecule has 28 heavy (non-hydrogen) atoms. The van der Waals surface area contributed by atoms with E-state index in [1.165, 1.54) is 37.4 Å². The quantitative estimate of drug-likeness (QED) is 0.601. The SMILES string of the molecule is COc1cccc(N(Cc2cccc(F)c2)S(=O)(=O)c2cc(F)ccc2C)c1. The lowest BCUT2D eigenvalue weighted by atomic mass is 10.2. The van der Waals surface area contributed by atoms with E-state index in [0.29, 0.717) is 22.6 Å². The molecule has 0 saturated heterocycles. The van der Waals surface area contributed by atoms with Crippen LogP contribution in [0.3, 0.4) is 0 Å². The molecule has 0 heterocycles. The minimum absolute atomic E-state index is 0.122. The third-order valence-corrected chi connectivity index (χ3v) is 6.19. The number of hydrogen-bond donors (Lipinski definition) is 0.